The summed E-state index contributed by atoms with van der Waals surface area (Å²) in [5.74, 6) is 2.86. The molecule has 0 heterocycles. The molecule has 0 bridgehead atoms. The van der Waals surface area contributed by atoms with E-state index in [0.717, 1.165) is 11.3 Å². The third-order valence-corrected chi connectivity index (χ3v) is 4.66. The fourth-order valence-electron chi connectivity index (χ4n) is 3.25. The highest BCUT2D eigenvalue weighted by Gasteiger charge is 2.18. The van der Waals surface area contributed by atoms with Gasteiger partial charge in [-0.1, -0.05) is 37.1 Å². The largest absolute Gasteiger partial charge is 0.493 e. The van der Waals surface area contributed by atoms with E-state index in [1.165, 1.54) is 25.7 Å². The van der Waals surface area contributed by atoms with Gasteiger partial charge in [-0.3, -0.25) is 4.79 Å². The first-order chi connectivity index (χ1) is 12.2. The van der Waals surface area contributed by atoms with Gasteiger partial charge in [0.2, 0.25) is 5.91 Å². The van der Waals surface area contributed by atoms with E-state index in [4.69, 9.17) is 9.47 Å². The number of ether oxygens (including phenoxy) is 2. The van der Waals surface area contributed by atoms with Crippen molar-refractivity contribution < 1.29 is 14.3 Å². The zero-order valence-corrected chi connectivity index (χ0v) is 14.7. The second kappa shape index (κ2) is 8.56. The molecule has 3 rings (SSSR count). The average Bonchev–Trinajstić information content (AvgIpc) is 3.14. The summed E-state index contributed by atoms with van der Waals surface area (Å²) in [5.41, 5.74) is 1.06. The number of para-hydroxylation sites is 2. The molecule has 1 amide bonds. The number of hydrogen-bond acceptors (Lipinski definition) is 3. The van der Waals surface area contributed by atoms with Crippen molar-refractivity contribution in [3.63, 3.8) is 0 Å². The number of methoxy groups -OCH3 is 1. The number of hydrogen-bond donors (Lipinski definition) is 1. The number of rotatable bonds is 7. The van der Waals surface area contributed by atoms with E-state index in [2.05, 4.69) is 5.32 Å². The Hall–Kier alpha value is -2.49. The minimum atomic E-state index is 0.154. The average molecular weight is 339 g/mol. The van der Waals surface area contributed by atoms with Crippen LogP contribution in [0.5, 0.6) is 17.2 Å². The van der Waals surface area contributed by atoms with Crippen molar-refractivity contribution in [1.29, 1.82) is 0 Å². The van der Waals surface area contributed by atoms with Gasteiger partial charge in [0.15, 0.2) is 11.5 Å². The maximum Gasteiger partial charge on any atom is 0.220 e. The molecule has 0 saturated heterocycles. The van der Waals surface area contributed by atoms with E-state index in [0.29, 0.717) is 30.4 Å². The normalized spacial score (nSPS) is 14.3. The van der Waals surface area contributed by atoms with Crippen molar-refractivity contribution in [1.82, 2.24) is 5.32 Å². The molecule has 1 aliphatic rings. The van der Waals surface area contributed by atoms with E-state index in [-0.39, 0.29) is 5.91 Å². The lowest BCUT2D eigenvalue weighted by Crippen LogP contribution is -2.24. The van der Waals surface area contributed by atoms with Crippen LogP contribution in [0.1, 0.15) is 37.7 Å². The van der Waals surface area contributed by atoms with Gasteiger partial charge < -0.3 is 14.8 Å². The summed E-state index contributed by atoms with van der Waals surface area (Å²) >= 11 is 0. The van der Waals surface area contributed by atoms with Gasteiger partial charge in [0, 0.05) is 13.0 Å². The third kappa shape index (κ3) is 4.99. The van der Waals surface area contributed by atoms with Crippen molar-refractivity contribution in [3.05, 3.63) is 54.1 Å². The van der Waals surface area contributed by atoms with E-state index < -0.39 is 0 Å². The van der Waals surface area contributed by atoms with Crippen molar-refractivity contribution in [2.45, 2.75) is 38.6 Å². The molecule has 1 saturated carbocycles. The number of amides is 1. The Morgan fingerprint density at radius 2 is 1.72 bits per heavy atom. The zero-order valence-electron chi connectivity index (χ0n) is 14.7. The second-order valence-electron chi connectivity index (χ2n) is 6.53. The molecule has 25 heavy (non-hydrogen) atoms. The Balaban J connectivity index is 1.50. The SMILES string of the molecule is COc1ccccc1Oc1ccc(CNC(=O)CC2CCCC2)cc1. The summed E-state index contributed by atoms with van der Waals surface area (Å²) in [6.07, 6.45) is 5.59. The predicted octanol–water partition coefficient (Wildman–Crippen LogP) is 4.68. The van der Waals surface area contributed by atoms with Crippen LogP contribution < -0.4 is 14.8 Å². The predicted molar refractivity (Wildman–Crippen MR) is 97.9 cm³/mol. The fraction of sp³-hybridized carbons (Fsp3) is 0.381. The monoisotopic (exact) mass is 339 g/mol. The third-order valence-electron chi connectivity index (χ3n) is 4.66. The topological polar surface area (TPSA) is 47.6 Å². The molecule has 1 N–H and O–H groups in total. The molecule has 1 fully saturated rings. The molecule has 4 nitrogen and oxygen atoms in total. The van der Waals surface area contributed by atoms with Crippen LogP contribution in [0.25, 0.3) is 0 Å². The van der Waals surface area contributed by atoms with Gasteiger partial charge in [-0.25, -0.2) is 0 Å². The molecule has 4 heteroatoms. The van der Waals surface area contributed by atoms with E-state index in [1.807, 2.05) is 48.5 Å². The first-order valence-corrected chi connectivity index (χ1v) is 8.91. The van der Waals surface area contributed by atoms with Gasteiger partial charge in [-0.15, -0.1) is 0 Å². The van der Waals surface area contributed by atoms with E-state index in [9.17, 15) is 4.79 Å². The molecule has 132 valence electrons. The maximum atomic E-state index is 12.0. The molecular weight excluding hydrogens is 314 g/mol. The van der Waals surface area contributed by atoms with Gasteiger partial charge in [0.1, 0.15) is 5.75 Å². The lowest BCUT2D eigenvalue weighted by molar-refractivity contribution is -0.122. The lowest BCUT2D eigenvalue weighted by Gasteiger charge is -2.11. The van der Waals surface area contributed by atoms with E-state index in [1.54, 1.807) is 7.11 Å². The van der Waals surface area contributed by atoms with Crippen molar-refractivity contribution in [2.24, 2.45) is 5.92 Å². The van der Waals surface area contributed by atoms with Crippen LogP contribution in [0.2, 0.25) is 0 Å². The molecule has 0 aliphatic heterocycles. The van der Waals surface area contributed by atoms with Gasteiger partial charge in [0.05, 0.1) is 7.11 Å². The zero-order chi connectivity index (χ0) is 17.5. The Kier molecular flexibility index (Phi) is 5.94. The minimum absolute atomic E-state index is 0.154. The molecule has 0 aromatic heterocycles. The summed E-state index contributed by atoms with van der Waals surface area (Å²) < 4.78 is 11.1. The Bertz CT molecular complexity index is 691. The molecule has 0 radical (unpaired) electrons. The molecule has 0 unspecified atom stereocenters. The molecule has 0 spiro atoms. The second-order valence-corrected chi connectivity index (χ2v) is 6.53. The summed E-state index contributed by atoms with van der Waals surface area (Å²) in [6, 6.07) is 15.3. The van der Waals surface area contributed by atoms with Crippen LogP contribution in [-0.4, -0.2) is 13.0 Å². The highest BCUT2D eigenvalue weighted by atomic mass is 16.5. The van der Waals surface area contributed by atoms with Crippen LogP contribution in [0.15, 0.2) is 48.5 Å². The minimum Gasteiger partial charge on any atom is -0.493 e. The molecule has 2 aromatic rings. The molecule has 1 aliphatic carbocycles. The molecule has 2 aromatic carbocycles. The first-order valence-electron chi connectivity index (χ1n) is 8.91. The number of carbonyl (C=O) groups is 1. The maximum absolute atomic E-state index is 12.0. The summed E-state index contributed by atoms with van der Waals surface area (Å²) in [7, 11) is 1.62. The highest BCUT2D eigenvalue weighted by Crippen LogP contribution is 2.31. The first kappa shape index (κ1) is 17.3. The smallest absolute Gasteiger partial charge is 0.220 e. The van der Waals surface area contributed by atoms with Crippen LogP contribution in [-0.2, 0) is 11.3 Å². The highest BCUT2D eigenvalue weighted by molar-refractivity contribution is 5.76. The van der Waals surface area contributed by atoms with Crippen LogP contribution in [0.3, 0.4) is 0 Å². The van der Waals surface area contributed by atoms with Crippen molar-refractivity contribution in [3.8, 4) is 17.2 Å². The van der Waals surface area contributed by atoms with E-state index >= 15 is 0 Å². The number of benzene rings is 2. The molecular formula is C21H25NO3. The van der Waals surface area contributed by atoms with Crippen LogP contribution >= 0.6 is 0 Å². The fourth-order valence-corrected chi connectivity index (χ4v) is 3.25. The Labute approximate surface area is 149 Å². The van der Waals surface area contributed by atoms with Gasteiger partial charge >= 0.3 is 0 Å². The Morgan fingerprint density at radius 3 is 2.40 bits per heavy atom. The van der Waals surface area contributed by atoms with Gasteiger partial charge in [-0.2, -0.15) is 0 Å². The lowest BCUT2D eigenvalue weighted by atomic mass is 10.0. The van der Waals surface area contributed by atoms with Crippen molar-refractivity contribution in [2.75, 3.05) is 7.11 Å². The van der Waals surface area contributed by atoms with Crippen LogP contribution in [0.4, 0.5) is 0 Å². The summed E-state index contributed by atoms with van der Waals surface area (Å²) in [5, 5.41) is 3.01. The van der Waals surface area contributed by atoms with Crippen LogP contribution in [0, 0.1) is 5.92 Å². The quantitative estimate of drug-likeness (QED) is 0.796. The molecule has 0 atom stereocenters. The van der Waals surface area contributed by atoms with Crippen molar-refractivity contribution >= 4 is 5.91 Å². The summed E-state index contributed by atoms with van der Waals surface area (Å²) in [6.45, 7) is 0.556. The Morgan fingerprint density at radius 1 is 1.04 bits per heavy atom. The van der Waals surface area contributed by atoms with Gasteiger partial charge in [0.25, 0.3) is 0 Å². The van der Waals surface area contributed by atoms with Gasteiger partial charge in [-0.05, 0) is 48.6 Å². The standard InChI is InChI=1S/C21H25NO3/c1-24-19-8-4-5-9-20(19)25-18-12-10-17(11-13-18)15-22-21(23)14-16-6-2-3-7-16/h4-5,8-13,16H,2-3,6-7,14-15H2,1H3,(H,22,23). The number of nitrogens with one attached hydrogen (secondary N) is 1. The summed E-state index contributed by atoms with van der Waals surface area (Å²) in [4.78, 5) is 12.0. The number of carbonyl (C=O) groups excluding carboxylic acids is 1.